The summed E-state index contributed by atoms with van der Waals surface area (Å²) >= 11 is 3.34. The van der Waals surface area contributed by atoms with Crippen LogP contribution in [-0.2, 0) is 14.6 Å². The molecule has 0 saturated heterocycles. The lowest BCUT2D eigenvalue weighted by Gasteiger charge is -2.06. The molecule has 0 aromatic heterocycles. The zero-order chi connectivity index (χ0) is 14.3. The summed E-state index contributed by atoms with van der Waals surface area (Å²) in [5.41, 5.74) is -0.104. The minimum atomic E-state index is -3.29. The second kappa shape index (κ2) is 4.89. The predicted molar refractivity (Wildman–Crippen MR) is 75.4 cm³/mol. The first-order valence-corrected chi connectivity index (χ1v) is 8.46. The largest absolute Gasteiger partial charge is 0.383 e. The lowest BCUT2D eigenvalue weighted by atomic mass is 10.0. The Morgan fingerprint density at radius 2 is 2.00 bits per heavy atom. The van der Waals surface area contributed by atoms with Gasteiger partial charge in [0.1, 0.15) is 5.41 Å². The van der Waals surface area contributed by atoms with Gasteiger partial charge in [-0.3, -0.25) is 0 Å². The smallest absolute Gasteiger partial charge is 0.152 e. The predicted octanol–water partition coefficient (Wildman–Crippen LogP) is 2.12. The maximum absolute atomic E-state index is 11.9. The molecule has 6 heteroatoms. The Balaban J connectivity index is 2.44. The molecule has 19 heavy (non-hydrogen) atoms. The molecule has 0 bridgehead atoms. The van der Waals surface area contributed by atoms with Crippen LogP contribution in [0.15, 0.2) is 28.7 Å². The molecule has 0 amide bonds. The highest BCUT2D eigenvalue weighted by Gasteiger charge is 2.71. The molecule has 0 N–H and O–H groups in total. The van der Waals surface area contributed by atoms with Crippen LogP contribution in [0.5, 0.6) is 0 Å². The minimum Gasteiger partial charge on any atom is -0.383 e. The van der Waals surface area contributed by atoms with Gasteiger partial charge in [0, 0.05) is 23.8 Å². The molecule has 102 valence electrons. The Bertz CT molecular complexity index is 620. The average Bonchev–Trinajstić information content (AvgIpc) is 3.00. The van der Waals surface area contributed by atoms with Crippen molar-refractivity contribution >= 4 is 25.8 Å². The fourth-order valence-corrected chi connectivity index (χ4v) is 4.86. The molecule has 1 aliphatic carbocycles. The number of hydrogen-bond acceptors (Lipinski definition) is 4. The van der Waals surface area contributed by atoms with E-state index in [9.17, 15) is 13.7 Å². The maximum atomic E-state index is 11.9. The molecule has 0 aliphatic heterocycles. The zero-order valence-corrected chi connectivity index (χ0v) is 13.0. The van der Waals surface area contributed by atoms with E-state index in [1.807, 2.05) is 24.3 Å². The molecule has 3 atom stereocenters. The Morgan fingerprint density at radius 3 is 2.42 bits per heavy atom. The number of nitrogens with zero attached hydrogens (tertiary/aromatic N) is 1. The summed E-state index contributed by atoms with van der Waals surface area (Å²) in [7, 11) is -1.81. The van der Waals surface area contributed by atoms with Gasteiger partial charge in [-0.1, -0.05) is 28.1 Å². The van der Waals surface area contributed by atoms with E-state index in [0.717, 1.165) is 10.0 Å². The van der Waals surface area contributed by atoms with Gasteiger partial charge in [0.25, 0.3) is 0 Å². The Hall–Kier alpha value is -0.900. The molecular weight excluding hydrogens is 330 g/mol. The summed E-state index contributed by atoms with van der Waals surface area (Å²) in [6.45, 7) is 0.127. The zero-order valence-electron chi connectivity index (χ0n) is 10.6. The number of ether oxygens (including phenoxy) is 1. The average molecular weight is 344 g/mol. The summed E-state index contributed by atoms with van der Waals surface area (Å²) in [4.78, 5) is 0. The lowest BCUT2D eigenvalue weighted by Crippen LogP contribution is -2.17. The quantitative estimate of drug-likeness (QED) is 0.839. The van der Waals surface area contributed by atoms with Crippen LogP contribution < -0.4 is 0 Å². The van der Waals surface area contributed by atoms with Crippen molar-refractivity contribution < 1.29 is 13.2 Å². The van der Waals surface area contributed by atoms with Gasteiger partial charge in [0.15, 0.2) is 9.84 Å². The highest BCUT2D eigenvalue weighted by Crippen LogP contribution is 2.62. The van der Waals surface area contributed by atoms with E-state index in [1.165, 1.54) is 13.4 Å². The number of benzene rings is 1. The van der Waals surface area contributed by atoms with Crippen molar-refractivity contribution in [2.45, 2.75) is 11.2 Å². The Labute approximate surface area is 121 Å². The van der Waals surface area contributed by atoms with Crippen LogP contribution in [0.2, 0.25) is 0 Å². The molecular formula is C13H14BrNO3S. The monoisotopic (exact) mass is 343 g/mol. The fraction of sp³-hybridized carbons (Fsp3) is 0.462. The van der Waals surface area contributed by atoms with E-state index in [0.29, 0.717) is 0 Å². The molecule has 1 saturated carbocycles. The van der Waals surface area contributed by atoms with Gasteiger partial charge in [-0.05, 0) is 17.7 Å². The van der Waals surface area contributed by atoms with E-state index >= 15 is 0 Å². The molecule has 0 unspecified atom stereocenters. The van der Waals surface area contributed by atoms with Crippen LogP contribution >= 0.6 is 15.9 Å². The maximum Gasteiger partial charge on any atom is 0.152 e. The first-order chi connectivity index (χ1) is 8.86. The van der Waals surface area contributed by atoms with E-state index in [4.69, 9.17) is 4.74 Å². The van der Waals surface area contributed by atoms with Gasteiger partial charge < -0.3 is 4.74 Å². The molecule has 1 aromatic rings. The summed E-state index contributed by atoms with van der Waals surface area (Å²) in [5.74, 6) is -0.319. The normalized spacial score (nSPS) is 29.8. The van der Waals surface area contributed by atoms with E-state index in [-0.39, 0.29) is 12.5 Å². The van der Waals surface area contributed by atoms with Gasteiger partial charge in [0.2, 0.25) is 0 Å². The van der Waals surface area contributed by atoms with Crippen LogP contribution in [0.1, 0.15) is 11.5 Å². The highest BCUT2D eigenvalue weighted by atomic mass is 79.9. The van der Waals surface area contributed by atoms with Crippen LogP contribution in [-0.4, -0.2) is 33.6 Å². The summed E-state index contributed by atoms with van der Waals surface area (Å²) in [6.07, 6.45) is 1.18. The first kappa shape index (κ1) is 14.5. The molecule has 0 spiro atoms. The van der Waals surface area contributed by atoms with Crippen molar-refractivity contribution in [1.82, 2.24) is 0 Å². The molecule has 2 rings (SSSR count). The van der Waals surface area contributed by atoms with Crippen molar-refractivity contribution in [2.75, 3.05) is 20.0 Å². The second-order valence-electron chi connectivity index (χ2n) is 4.86. The van der Waals surface area contributed by atoms with Crippen molar-refractivity contribution in [3.05, 3.63) is 34.3 Å². The van der Waals surface area contributed by atoms with Crippen molar-refractivity contribution in [3.8, 4) is 6.07 Å². The van der Waals surface area contributed by atoms with E-state index in [1.54, 1.807) is 0 Å². The molecule has 0 heterocycles. The molecule has 1 aliphatic rings. The number of nitriles is 1. The summed E-state index contributed by atoms with van der Waals surface area (Å²) in [6, 6.07) is 9.55. The molecule has 4 nitrogen and oxygen atoms in total. The minimum absolute atomic E-state index is 0.127. The van der Waals surface area contributed by atoms with Crippen molar-refractivity contribution in [2.24, 2.45) is 5.41 Å². The highest BCUT2D eigenvalue weighted by molar-refractivity contribution is 9.10. The third-order valence-corrected chi connectivity index (χ3v) is 5.68. The van der Waals surface area contributed by atoms with E-state index in [2.05, 4.69) is 22.0 Å². The van der Waals surface area contributed by atoms with Gasteiger partial charge in [-0.25, -0.2) is 8.42 Å². The van der Waals surface area contributed by atoms with Gasteiger partial charge in [0.05, 0.1) is 17.9 Å². The number of hydrogen-bond donors (Lipinski definition) is 0. The standard InChI is InChI=1S/C13H14BrNO3S/c1-18-8-13(7-15)11(12(13)19(2,16)17)9-3-5-10(14)6-4-9/h3-6,11-12H,8H2,1-2H3/t11-,12+,13+/m1/s1. The topological polar surface area (TPSA) is 67.2 Å². The van der Waals surface area contributed by atoms with Crippen molar-refractivity contribution in [1.29, 1.82) is 5.26 Å². The van der Waals surface area contributed by atoms with Gasteiger partial charge in [-0.2, -0.15) is 5.26 Å². The van der Waals surface area contributed by atoms with Crippen LogP contribution in [0, 0.1) is 16.7 Å². The lowest BCUT2D eigenvalue weighted by molar-refractivity contribution is 0.162. The number of rotatable bonds is 4. The third-order valence-electron chi connectivity index (χ3n) is 3.54. The molecule has 0 radical (unpaired) electrons. The first-order valence-electron chi connectivity index (χ1n) is 5.71. The SMILES string of the molecule is COC[C@@]1(C#N)[C@H](c2ccc(Br)cc2)[C@@H]1S(C)(=O)=O. The van der Waals surface area contributed by atoms with Crippen LogP contribution in [0.3, 0.4) is 0 Å². The fourth-order valence-electron chi connectivity index (χ4n) is 2.75. The Kier molecular flexibility index (Phi) is 3.74. The van der Waals surface area contributed by atoms with Crippen molar-refractivity contribution in [3.63, 3.8) is 0 Å². The molecule has 1 fully saturated rings. The molecule has 1 aromatic carbocycles. The van der Waals surface area contributed by atoms with E-state index < -0.39 is 20.5 Å². The summed E-state index contributed by atoms with van der Waals surface area (Å²) < 4.78 is 29.7. The number of sulfone groups is 1. The second-order valence-corrected chi connectivity index (χ2v) is 7.95. The third kappa shape index (κ3) is 2.42. The summed E-state index contributed by atoms with van der Waals surface area (Å²) in [5, 5.41) is 8.72. The van der Waals surface area contributed by atoms with Gasteiger partial charge in [-0.15, -0.1) is 0 Å². The van der Waals surface area contributed by atoms with Crippen LogP contribution in [0.4, 0.5) is 0 Å². The number of halogens is 1. The Morgan fingerprint density at radius 1 is 1.42 bits per heavy atom. The van der Waals surface area contributed by atoms with Crippen LogP contribution in [0.25, 0.3) is 0 Å². The number of methoxy groups -OCH3 is 1. The van der Waals surface area contributed by atoms with Gasteiger partial charge >= 0.3 is 0 Å².